The van der Waals surface area contributed by atoms with E-state index in [1.54, 1.807) is 12.1 Å². The van der Waals surface area contributed by atoms with E-state index in [1.807, 2.05) is 26.0 Å². The van der Waals surface area contributed by atoms with Crippen LogP contribution in [0.3, 0.4) is 0 Å². The molecule has 2 rings (SSSR count). The van der Waals surface area contributed by atoms with Crippen molar-refractivity contribution < 1.29 is 19.0 Å². The second-order valence-corrected chi connectivity index (χ2v) is 4.59. The van der Waals surface area contributed by atoms with Crippen LogP contribution in [0.4, 0.5) is 0 Å². The molecule has 1 aliphatic heterocycles. The molecule has 1 heterocycles. The number of hydrogen-bond donors (Lipinski definition) is 0. The van der Waals surface area contributed by atoms with Gasteiger partial charge in [-0.3, -0.25) is 0 Å². The summed E-state index contributed by atoms with van der Waals surface area (Å²) >= 11 is 0. The van der Waals surface area contributed by atoms with Gasteiger partial charge in [-0.25, -0.2) is 4.79 Å². The molecule has 0 aromatic heterocycles. The fourth-order valence-corrected chi connectivity index (χ4v) is 1.92. The van der Waals surface area contributed by atoms with Gasteiger partial charge in [-0.1, -0.05) is 0 Å². The number of rotatable bonds is 2. The largest absolute Gasteiger partial charge is 0.495 e. The Balaban J connectivity index is 2.56. The van der Waals surface area contributed by atoms with Crippen LogP contribution in [0.15, 0.2) is 18.2 Å². The summed E-state index contributed by atoms with van der Waals surface area (Å²) in [6.07, 6.45) is 3.84. The standard InChI is InChI=1S/C14H16O4/c1-14(2)8-7-9-11(18-14)6-5-10(12(9)16-3)13(15)17-4/h5-8H,1-4H3. The Morgan fingerprint density at radius 1 is 1.28 bits per heavy atom. The Hall–Kier alpha value is -1.97. The monoisotopic (exact) mass is 248 g/mol. The highest BCUT2D eigenvalue weighted by atomic mass is 16.5. The maximum Gasteiger partial charge on any atom is 0.341 e. The molecule has 0 spiro atoms. The normalized spacial score (nSPS) is 15.6. The van der Waals surface area contributed by atoms with E-state index in [4.69, 9.17) is 14.2 Å². The highest BCUT2D eigenvalue weighted by Crippen LogP contribution is 2.39. The SMILES string of the molecule is COC(=O)c1ccc2c(c1OC)C=CC(C)(C)O2. The summed E-state index contributed by atoms with van der Waals surface area (Å²) in [6, 6.07) is 3.41. The number of fused-ring (bicyclic) bond motifs is 1. The molecule has 0 atom stereocenters. The van der Waals surface area contributed by atoms with E-state index in [9.17, 15) is 4.79 Å². The minimum atomic E-state index is -0.423. The van der Waals surface area contributed by atoms with E-state index < -0.39 is 5.97 Å². The van der Waals surface area contributed by atoms with E-state index in [0.29, 0.717) is 17.1 Å². The van der Waals surface area contributed by atoms with E-state index in [1.165, 1.54) is 14.2 Å². The highest BCUT2D eigenvalue weighted by Gasteiger charge is 2.26. The summed E-state index contributed by atoms with van der Waals surface area (Å²) in [6.45, 7) is 3.93. The van der Waals surface area contributed by atoms with Gasteiger partial charge in [0.2, 0.25) is 0 Å². The van der Waals surface area contributed by atoms with Gasteiger partial charge in [0.1, 0.15) is 22.7 Å². The lowest BCUT2D eigenvalue weighted by atomic mass is 9.99. The van der Waals surface area contributed by atoms with Gasteiger partial charge in [0, 0.05) is 0 Å². The molecule has 0 bridgehead atoms. The zero-order valence-electron chi connectivity index (χ0n) is 10.9. The molecular formula is C14H16O4. The summed E-state index contributed by atoms with van der Waals surface area (Å²) in [5.41, 5.74) is 0.802. The molecule has 0 aliphatic carbocycles. The number of carbonyl (C=O) groups excluding carboxylic acids is 1. The van der Waals surface area contributed by atoms with Crippen LogP contribution in [0.2, 0.25) is 0 Å². The predicted octanol–water partition coefficient (Wildman–Crippen LogP) is 2.67. The predicted molar refractivity (Wildman–Crippen MR) is 68.1 cm³/mol. The van der Waals surface area contributed by atoms with Gasteiger partial charge in [-0.2, -0.15) is 0 Å². The average molecular weight is 248 g/mol. The molecule has 1 aliphatic rings. The molecule has 96 valence electrons. The van der Waals surface area contributed by atoms with Crippen LogP contribution in [-0.4, -0.2) is 25.8 Å². The van der Waals surface area contributed by atoms with Crippen molar-refractivity contribution in [2.24, 2.45) is 0 Å². The second-order valence-electron chi connectivity index (χ2n) is 4.59. The molecule has 0 saturated heterocycles. The molecule has 0 N–H and O–H groups in total. The molecule has 0 unspecified atom stereocenters. The third-order valence-corrected chi connectivity index (χ3v) is 2.79. The maximum atomic E-state index is 11.6. The van der Waals surface area contributed by atoms with E-state index >= 15 is 0 Å². The summed E-state index contributed by atoms with van der Waals surface area (Å²) in [5, 5.41) is 0. The summed E-state index contributed by atoms with van der Waals surface area (Å²) in [4.78, 5) is 11.6. The smallest absolute Gasteiger partial charge is 0.341 e. The number of esters is 1. The third kappa shape index (κ3) is 2.06. The average Bonchev–Trinajstić information content (AvgIpc) is 2.35. The van der Waals surface area contributed by atoms with Gasteiger partial charge in [-0.05, 0) is 38.1 Å². The van der Waals surface area contributed by atoms with Gasteiger partial charge in [-0.15, -0.1) is 0 Å². The molecule has 0 radical (unpaired) electrons. The van der Waals surface area contributed by atoms with E-state index in [2.05, 4.69) is 0 Å². The number of carbonyl (C=O) groups is 1. The summed E-state index contributed by atoms with van der Waals surface area (Å²) in [7, 11) is 2.87. The number of benzene rings is 1. The van der Waals surface area contributed by atoms with Crippen molar-refractivity contribution in [1.29, 1.82) is 0 Å². The van der Waals surface area contributed by atoms with Crippen LogP contribution in [0.25, 0.3) is 6.08 Å². The van der Waals surface area contributed by atoms with Crippen LogP contribution in [0.5, 0.6) is 11.5 Å². The van der Waals surface area contributed by atoms with Crippen molar-refractivity contribution in [1.82, 2.24) is 0 Å². The third-order valence-electron chi connectivity index (χ3n) is 2.79. The molecule has 18 heavy (non-hydrogen) atoms. The van der Waals surface area contributed by atoms with Crippen molar-refractivity contribution in [3.63, 3.8) is 0 Å². The van der Waals surface area contributed by atoms with Crippen molar-refractivity contribution in [3.05, 3.63) is 29.3 Å². The molecule has 4 heteroatoms. The number of methoxy groups -OCH3 is 2. The van der Waals surface area contributed by atoms with Crippen LogP contribution >= 0.6 is 0 Å². The molecule has 0 fully saturated rings. The number of hydrogen-bond acceptors (Lipinski definition) is 4. The zero-order valence-corrected chi connectivity index (χ0v) is 10.9. The summed E-state index contributed by atoms with van der Waals surface area (Å²) < 4.78 is 15.8. The first-order valence-electron chi connectivity index (χ1n) is 5.66. The minimum Gasteiger partial charge on any atom is -0.495 e. The Kier molecular flexibility index (Phi) is 3.03. The Bertz CT molecular complexity index is 515. The molecule has 0 amide bonds. The van der Waals surface area contributed by atoms with Gasteiger partial charge in [0.05, 0.1) is 19.8 Å². The van der Waals surface area contributed by atoms with Gasteiger partial charge in [0.25, 0.3) is 0 Å². The van der Waals surface area contributed by atoms with Crippen molar-refractivity contribution in [2.75, 3.05) is 14.2 Å². The lowest BCUT2D eigenvalue weighted by Gasteiger charge is -2.28. The lowest BCUT2D eigenvalue weighted by molar-refractivity contribution is 0.0597. The quantitative estimate of drug-likeness (QED) is 0.755. The topological polar surface area (TPSA) is 44.8 Å². The fourth-order valence-electron chi connectivity index (χ4n) is 1.92. The van der Waals surface area contributed by atoms with Crippen molar-refractivity contribution in [2.45, 2.75) is 19.4 Å². The Labute approximate surface area is 106 Å². The maximum absolute atomic E-state index is 11.6. The van der Waals surface area contributed by atoms with E-state index in [-0.39, 0.29) is 5.60 Å². The van der Waals surface area contributed by atoms with Crippen molar-refractivity contribution >= 4 is 12.0 Å². The van der Waals surface area contributed by atoms with E-state index in [0.717, 1.165) is 5.56 Å². The first kappa shape index (κ1) is 12.5. The second kappa shape index (κ2) is 4.37. The van der Waals surface area contributed by atoms with Gasteiger partial charge in [0.15, 0.2) is 0 Å². The molecule has 4 nitrogen and oxygen atoms in total. The number of ether oxygens (including phenoxy) is 3. The molecular weight excluding hydrogens is 232 g/mol. The summed E-state index contributed by atoms with van der Waals surface area (Å²) in [5.74, 6) is 0.756. The van der Waals surface area contributed by atoms with Crippen LogP contribution < -0.4 is 9.47 Å². The van der Waals surface area contributed by atoms with Crippen LogP contribution in [-0.2, 0) is 4.74 Å². The first-order chi connectivity index (χ1) is 8.48. The first-order valence-corrected chi connectivity index (χ1v) is 5.66. The van der Waals surface area contributed by atoms with Gasteiger partial charge < -0.3 is 14.2 Å². The van der Waals surface area contributed by atoms with Crippen molar-refractivity contribution in [3.8, 4) is 11.5 Å². The zero-order chi connectivity index (χ0) is 13.3. The Morgan fingerprint density at radius 3 is 2.61 bits per heavy atom. The molecule has 0 saturated carbocycles. The fraction of sp³-hybridized carbons (Fsp3) is 0.357. The molecule has 1 aromatic carbocycles. The minimum absolute atomic E-state index is 0.356. The Morgan fingerprint density at radius 2 is 2.00 bits per heavy atom. The lowest BCUT2D eigenvalue weighted by Crippen LogP contribution is -2.27. The van der Waals surface area contributed by atoms with Crippen LogP contribution in [0.1, 0.15) is 29.8 Å². The highest BCUT2D eigenvalue weighted by molar-refractivity contribution is 5.94. The van der Waals surface area contributed by atoms with Gasteiger partial charge >= 0.3 is 5.97 Å². The molecule has 1 aromatic rings. The van der Waals surface area contributed by atoms with Crippen LogP contribution in [0, 0.1) is 0 Å².